The molecule has 0 saturated carbocycles. The van der Waals surface area contributed by atoms with Gasteiger partial charge in [-0.25, -0.2) is 13.1 Å². The van der Waals surface area contributed by atoms with Crippen LogP contribution in [0.15, 0.2) is 14.6 Å². The molecule has 1 aromatic heterocycles. The minimum atomic E-state index is -3.63. The second-order valence-corrected chi connectivity index (χ2v) is 5.45. The second-order valence-electron chi connectivity index (χ2n) is 3.75. The first-order valence-electron chi connectivity index (χ1n) is 5.27. The summed E-state index contributed by atoms with van der Waals surface area (Å²) in [6.07, 6.45) is 0.735. The summed E-state index contributed by atoms with van der Waals surface area (Å²) in [5, 5.41) is 14.7. The van der Waals surface area contributed by atoms with Crippen LogP contribution in [0.4, 0.5) is 0 Å². The molecule has 0 unspecified atom stereocenters. The van der Waals surface area contributed by atoms with Gasteiger partial charge in [-0.05, 0) is 20.3 Å². The predicted octanol–water partition coefficient (Wildman–Crippen LogP) is 0.0963. The number of sulfonamides is 1. The number of rotatable bonds is 6. The van der Waals surface area contributed by atoms with Gasteiger partial charge in [0, 0.05) is 13.0 Å². The molecule has 0 amide bonds. The first kappa shape index (κ1) is 14.5. The lowest BCUT2D eigenvalue weighted by atomic mass is 10.3. The second kappa shape index (κ2) is 5.83. The first-order valence-corrected chi connectivity index (χ1v) is 6.75. The summed E-state index contributed by atoms with van der Waals surface area (Å²) >= 11 is 0. The van der Waals surface area contributed by atoms with Gasteiger partial charge in [-0.1, -0.05) is 10.3 Å². The molecule has 0 aromatic carbocycles. The summed E-state index contributed by atoms with van der Waals surface area (Å²) in [4.78, 5) is 0.0614. The lowest BCUT2D eigenvalue weighted by molar-refractivity contribution is 0.316. The number of aromatic nitrogens is 1. The van der Waals surface area contributed by atoms with Crippen LogP contribution in [-0.2, 0) is 10.0 Å². The van der Waals surface area contributed by atoms with Crippen molar-refractivity contribution in [3.63, 3.8) is 0 Å². The van der Waals surface area contributed by atoms with Crippen molar-refractivity contribution in [3.8, 4) is 0 Å². The molecule has 18 heavy (non-hydrogen) atoms. The molecule has 9 heteroatoms. The highest BCUT2D eigenvalue weighted by Crippen LogP contribution is 2.18. The summed E-state index contributed by atoms with van der Waals surface area (Å²) in [7, 11) is -3.63. The third-order valence-corrected chi connectivity index (χ3v) is 3.97. The number of hydrogen-bond acceptors (Lipinski definition) is 6. The third-order valence-electron chi connectivity index (χ3n) is 2.27. The summed E-state index contributed by atoms with van der Waals surface area (Å²) in [5.74, 6) is 0.308. The van der Waals surface area contributed by atoms with Crippen LogP contribution in [0, 0.1) is 13.8 Å². The van der Waals surface area contributed by atoms with Crippen LogP contribution in [0.5, 0.6) is 0 Å². The summed E-state index contributed by atoms with van der Waals surface area (Å²) in [6.45, 7) is 3.27. The van der Waals surface area contributed by atoms with E-state index in [1.807, 2.05) is 0 Å². The SMILES string of the molecule is Cc1noc(C)c1S(=O)(=O)NCCCC(N)=NO. The van der Waals surface area contributed by atoms with E-state index >= 15 is 0 Å². The number of nitrogens with zero attached hydrogens (tertiary/aromatic N) is 2. The van der Waals surface area contributed by atoms with E-state index in [0.29, 0.717) is 18.5 Å². The minimum absolute atomic E-state index is 0.0614. The van der Waals surface area contributed by atoms with Gasteiger partial charge in [0.1, 0.15) is 16.4 Å². The molecule has 0 saturated heterocycles. The number of amidine groups is 1. The minimum Gasteiger partial charge on any atom is -0.409 e. The lowest BCUT2D eigenvalue weighted by Gasteiger charge is -2.05. The highest BCUT2D eigenvalue weighted by Gasteiger charge is 2.23. The molecule has 102 valence electrons. The van der Waals surface area contributed by atoms with Crippen molar-refractivity contribution in [2.75, 3.05) is 6.54 Å². The molecule has 0 atom stereocenters. The fraction of sp³-hybridized carbons (Fsp3) is 0.556. The number of aryl methyl sites for hydroxylation is 2. The molecule has 1 aromatic rings. The van der Waals surface area contributed by atoms with Crippen LogP contribution in [-0.4, -0.2) is 31.2 Å². The summed E-state index contributed by atoms with van der Waals surface area (Å²) < 4.78 is 31.1. The van der Waals surface area contributed by atoms with E-state index in [1.165, 1.54) is 6.92 Å². The van der Waals surface area contributed by atoms with Gasteiger partial charge in [-0.3, -0.25) is 0 Å². The van der Waals surface area contributed by atoms with E-state index in [1.54, 1.807) is 6.92 Å². The van der Waals surface area contributed by atoms with Crippen LogP contribution in [0.25, 0.3) is 0 Å². The topological polar surface area (TPSA) is 131 Å². The zero-order valence-corrected chi connectivity index (χ0v) is 11.0. The van der Waals surface area contributed by atoms with Crippen molar-refractivity contribution >= 4 is 15.9 Å². The third kappa shape index (κ3) is 3.44. The van der Waals surface area contributed by atoms with Gasteiger partial charge in [0.05, 0.1) is 0 Å². The fourth-order valence-corrected chi connectivity index (χ4v) is 2.86. The van der Waals surface area contributed by atoms with Crippen molar-refractivity contribution in [1.82, 2.24) is 9.88 Å². The van der Waals surface area contributed by atoms with Gasteiger partial charge in [-0.15, -0.1) is 0 Å². The van der Waals surface area contributed by atoms with Gasteiger partial charge in [-0.2, -0.15) is 0 Å². The van der Waals surface area contributed by atoms with Gasteiger partial charge in [0.25, 0.3) is 0 Å². The summed E-state index contributed by atoms with van der Waals surface area (Å²) in [6, 6.07) is 0. The monoisotopic (exact) mass is 276 g/mol. The Morgan fingerprint density at radius 3 is 2.72 bits per heavy atom. The molecule has 1 heterocycles. The Hall–Kier alpha value is -1.61. The average Bonchev–Trinajstić information content (AvgIpc) is 2.64. The largest absolute Gasteiger partial charge is 0.409 e. The molecule has 0 radical (unpaired) electrons. The average molecular weight is 276 g/mol. The maximum atomic E-state index is 11.9. The number of nitrogens with one attached hydrogen (secondary N) is 1. The van der Waals surface area contributed by atoms with Crippen LogP contribution in [0.1, 0.15) is 24.3 Å². The van der Waals surface area contributed by atoms with Gasteiger partial charge < -0.3 is 15.5 Å². The molecule has 4 N–H and O–H groups in total. The zero-order chi connectivity index (χ0) is 13.8. The van der Waals surface area contributed by atoms with E-state index in [2.05, 4.69) is 15.0 Å². The standard InChI is InChI=1S/C9H16N4O4S/c1-6-9(7(2)17-13-6)18(15,16)11-5-3-4-8(10)12-14/h11,14H,3-5H2,1-2H3,(H2,10,12). The maximum absolute atomic E-state index is 11.9. The Labute approximate surface area is 105 Å². The molecule has 8 nitrogen and oxygen atoms in total. The highest BCUT2D eigenvalue weighted by molar-refractivity contribution is 7.89. The number of nitrogens with two attached hydrogens (primary N) is 1. The Kier molecular flexibility index (Phi) is 4.68. The quantitative estimate of drug-likeness (QED) is 0.222. The Morgan fingerprint density at radius 2 is 2.22 bits per heavy atom. The zero-order valence-electron chi connectivity index (χ0n) is 10.2. The van der Waals surface area contributed by atoms with E-state index in [-0.39, 0.29) is 23.0 Å². The van der Waals surface area contributed by atoms with Crippen LogP contribution in [0.2, 0.25) is 0 Å². The normalized spacial score (nSPS) is 12.9. The van der Waals surface area contributed by atoms with Crippen LogP contribution >= 0.6 is 0 Å². The van der Waals surface area contributed by atoms with Crippen molar-refractivity contribution in [2.24, 2.45) is 10.9 Å². The molecule has 0 aliphatic carbocycles. The number of oxime groups is 1. The fourth-order valence-electron chi connectivity index (χ4n) is 1.46. The molecule has 0 spiro atoms. The predicted molar refractivity (Wildman–Crippen MR) is 63.8 cm³/mol. The Bertz CT molecular complexity index is 515. The van der Waals surface area contributed by atoms with E-state index in [4.69, 9.17) is 15.5 Å². The van der Waals surface area contributed by atoms with Gasteiger partial charge >= 0.3 is 0 Å². The van der Waals surface area contributed by atoms with Crippen molar-refractivity contribution in [1.29, 1.82) is 0 Å². The van der Waals surface area contributed by atoms with Crippen molar-refractivity contribution < 1.29 is 18.1 Å². The molecule has 0 fully saturated rings. The summed E-state index contributed by atoms with van der Waals surface area (Å²) in [5.41, 5.74) is 5.58. The van der Waals surface area contributed by atoms with Gasteiger partial charge in [0.15, 0.2) is 5.76 Å². The van der Waals surface area contributed by atoms with E-state index in [0.717, 1.165) is 0 Å². The Balaban J connectivity index is 2.62. The van der Waals surface area contributed by atoms with Crippen molar-refractivity contribution in [3.05, 3.63) is 11.5 Å². The smallest absolute Gasteiger partial charge is 0.245 e. The molecular formula is C9H16N4O4S. The van der Waals surface area contributed by atoms with Gasteiger partial charge in [0.2, 0.25) is 10.0 Å². The van der Waals surface area contributed by atoms with E-state index in [9.17, 15) is 8.42 Å². The molecule has 0 aliphatic rings. The molecular weight excluding hydrogens is 260 g/mol. The molecule has 0 bridgehead atoms. The Morgan fingerprint density at radius 1 is 1.56 bits per heavy atom. The lowest BCUT2D eigenvalue weighted by Crippen LogP contribution is -2.26. The molecule has 0 aliphatic heterocycles. The molecule has 1 rings (SSSR count). The highest BCUT2D eigenvalue weighted by atomic mass is 32.2. The van der Waals surface area contributed by atoms with Crippen LogP contribution < -0.4 is 10.5 Å². The van der Waals surface area contributed by atoms with Crippen LogP contribution in [0.3, 0.4) is 0 Å². The maximum Gasteiger partial charge on any atom is 0.245 e. The first-order chi connectivity index (χ1) is 8.38. The van der Waals surface area contributed by atoms with Crippen molar-refractivity contribution in [2.45, 2.75) is 31.6 Å². The van der Waals surface area contributed by atoms with E-state index < -0.39 is 10.0 Å². The number of hydrogen-bond donors (Lipinski definition) is 3.